The van der Waals surface area contributed by atoms with E-state index in [0.29, 0.717) is 17.8 Å². The Labute approximate surface area is 119 Å². The summed E-state index contributed by atoms with van der Waals surface area (Å²) < 4.78 is 0. The smallest absolute Gasteiger partial charge is 0.251 e. The molecule has 3 N–H and O–H groups in total. The number of nitrogens with one attached hydrogen (secondary N) is 3. The maximum absolute atomic E-state index is 11.7. The minimum absolute atomic E-state index is 0.0871. The molecule has 1 aromatic rings. The summed E-state index contributed by atoms with van der Waals surface area (Å²) in [6.45, 7) is 4.30. The molecule has 0 heterocycles. The third-order valence-corrected chi connectivity index (χ3v) is 2.36. The van der Waals surface area contributed by atoms with Gasteiger partial charge in [-0.3, -0.25) is 14.9 Å². The summed E-state index contributed by atoms with van der Waals surface area (Å²) in [5, 5.41) is 8.30. The molecule has 1 rings (SSSR count). The van der Waals surface area contributed by atoms with E-state index < -0.39 is 0 Å². The van der Waals surface area contributed by atoms with Crippen LogP contribution in [0, 0.1) is 12.3 Å². The van der Waals surface area contributed by atoms with E-state index in [-0.39, 0.29) is 24.4 Å². The summed E-state index contributed by atoms with van der Waals surface area (Å²) >= 11 is 0. The van der Waals surface area contributed by atoms with Crippen LogP contribution in [0.15, 0.2) is 24.3 Å². The first-order valence-corrected chi connectivity index (χ1v) is 6.38. The predicted molar refractivity (Wildman–Crippen MR) is 79.4 cm³/mol. The molecule has 0 spiro atoms. The molecule has 0 bridgehead atoms. The minimum Gasteiger partial charge on any atom is -0.350 e. The van der Waals surface area contributed by atoms with E-state index in [1.165, 1.54) is 0 Å². The number of carbonyl (C=O) groups is 2. The molecule has 2 amide bonds. The number of hydrogen-bond acceptors (Lipinski definition) is 3. The molecular weight excluding hydrogens is 254 g/mol. The molecule has 5 nitrogen and oxygen atoms in total. The Morgan fingerprint density at radius 1 is 1.25 bits per heavy atom. The van der Waals surface area contributed by atoms with Gasteiger partial charge in [0.1, 0.15) is 0 Å². The van der Waals surface area contributed by atoms with Crippen LogP contribution in [0.25, 0.3) is 0 Å². The SMILES string of the molecule is C#CCNCC(=O)Nc1ccc(C(=O)NC(C)C)cc1. The van der Waals surface area contributed by atoms with Gasteiger partial charge in [-0.15, -0.1) is 6.42 Å². The summed E-state index contributed by atoms with van der Waals surface area (Å²) in [5.74, 6) is 2.07. The van der Waals surface area contributed by atoms with Gasteiger partial charge >= 0.3 is 0 Å². The van der Waals surface area contributed by atoms with Crippen LogP contribution >= 0.6 is 0 Å². The highest BCUT2D eigenvalue weighted by Crippen LogP contribution is 2.09. The Hall–Kier alpha value is -2.32. The summed E-state index contributed by atoms with van der Waals surface area (Å²) in [5.41, 5.74) is 1.20. The standard InChI is InChI=1S/C15H19N3O2/c1-4-9-16-10-14(19)18-13-7-5-12(6-8-13)15(20)17-11(2)3/h1,5-8,11,16H,9-10H2,2-3H3,(H,17,20)(H,18,19). The molecule has 0 saturated carbocycles. The first-order valence-electron chi connectivity index (χ1n) is 6.38. The zero-order valence-electron chi connectivity index (χ0n) is 11.7. The van der Waals surface area contributed by atoms with E-state index in [4.69, 9.17) is 6.42 Å². The third kappa shape index (κ3) is 5.55. The fourth-order valence-electron chi connectivity index (χ4n) is 1.50. The number of terminal acetylenes is 1. The third-order valence-electron chi connectivity index (χ3n) is 2.36. The van der Waals surface area contributed by atoms with Crippen molar-refractivity contribution >= 4 is 17.5 Å². The van der Waals surface area contributed by atoms with Crippen LogP contribution in [0.1, 0.15) is 24.2 Å². The van der Waals surface area contributed by atoms with Crippen molar-refractivity contribution in [3.63, 3.8) is 0 Å². The van der Waals surface area contributed by atoms with Gasteiger partial charge in [-0.05, 0) is 38.1 Å². The van der Waals surface area contributed by atoms with Crippen LogP contribution in [-0.2, 0) is 4.79 Å². The molecule has 0 aliphatic heterocycles. The molecule has 1 aromatic carbocycles. The normalized spacial score (nSPS) is 9.90. The molecule has 0 aromatic heterocycles. The largest absolute Gasteiger partial charge is 0.350 e. The monoisotopic (exact) mass is 273 g/mol. The molecule has 0 saturated heterocycles. The molecule has 0 aliphatic carbocycles. The van der Waals surface area contributed by atoms with Crippen molar-refractivity contribution in [2.75, 3.05) is 18.4 Å². The number of benzene rings is 1. The number of carbonyl (C=O) groups excluding carboxylic acids is 2. The van der Waals surface area contributed by atoms with Gasteiger partial charge in [0.2, 0.25) is 5.91 Å². The van der Waals surface area contributed by atoms with Crippen molar-refractivity contribution in [2.24, 2.45) is 0 Å². The van der Waals surface area contributed by atoms with Crippen LogP contribution in [-0.4, -0.2) is 30.9 Å². The summed E-state index contributed by atoms with van der Waals surface area (Å²) in [6, 6.07) is 6.80. The van der Waals surface area contributed by atoms with E-state index in [0.717, 1.165) is 0 Å². The number of amides is 2. The summed E-state index contributed by atoms with van der Waals surface area (Å²) in [6.07, 6.45) is 5.06. The van der Waals surface area contributed by atoms with Crippen LogP contribution in [0.2, 0.25) is 0 Å². The summed E-state index contributed by atoms with van der Waals surface area (Å²) in [4.78, 5) is 23.3. The van der Waals surface area contributed by atoms with E-state index in [9.17, 15) is 9.59 Å². The van der Waals surface area contributed by atoms with Crippen molar-refractivity contribution < 1.29 is 9.59 Å². The van der Waals surface area contributed by atoms with Gasteiger partial charge in [-0.25, -0.2) is 0 Å². The maximum atomic E-state index is 11.7. The Morgan fingerprint density at radius 2 is 1.90 bits per heavy atom. The van der Waals surface area contributed by atoms with Crippen molar-refractivity contribution in [1.29, 1.82) is 0 Å². The lowest BCUT2D eigenvalue weighted by molar-refractivity contribution is -0.115. The van der Waals surface area contributed by atoms with E-state index in [1.807, 2.05) is 13.8 Å². The van der Waals surface area contributed by atoms with Crippen molar-refractivity contribution in [3.05, 3.63) is 29.8 Å². The van der Waals surface area contributed by atoms with Crippen LogP contribution in [0.3, 0.4) is 0 Å². The summed E-state index contributed by atoms with van der Waals surface area (Å²) in [7, 11) is 0. The van der Waals surface area contributed by atoms with E-state index in [2.05, 4.69) is 21.9 Å². The Morgan fingerprint density at radius 3 is 2.45 bits per heavy atom. The van der Waals surface area contributed by atoms with E-state index >= 15 is 0 Å². The minimum atomic E-state index is -0.181. The van der Waals surface area contributed by atoms with Crippen molar-refractivity contribution in [2.45, 2.75) is 19.9 Å². The predicted octanol–water partition coefficient (Wildman–Crippen LogP) is 0.986. The molecule has 106 valence electrons. The Balaban J connectivity index is 2.52. The first kappa shape index (κ1) is 15.7. The average Bonchev–Trinajstić information content (AvgIpc) is 2.39. The zero-order chi connectivity index (χ0) is 15.0. The Bertz CT molecular complexity index is 501. The topological polar surface area (TPSA) is 70.2 Å². The van der Waals surface area contributed by atoms with E-state index in [1.54, 1.807) is 24.3 Å². The number of hydrogen-bond donors (Lipinski definition) is 3. The van der Waals surface area contributed by atoms with Gasteiger partial charge in [-0.2, -0.15) is 0 Å². The quantitative estimate of drug-likeness (QED) is 0.534. The van der Waals surface area contributed by atoms with Crippen molar-refractivity contribution in [1.82, 2.24) is 10.6 Å². The molecule has 0 unspecified atom stereocenters. The van der Waals surface area contributed by atoms with Gasteiger partial charge in [0, 0.05) is 17.3 Å². The van der Waals surface area contributed by atoms with Gasteiger partial charge in [-0.1, -0.05) is 5.92 Å². The average molecular weight is 273 g/mol. The lowest BCUT2D eigenvalue weighted by atomic mass is 10.2. The molecule has 0 aliphatic rings. The van der Waals surface area contributed by atoms with Gasteiger partial charge in [0.25, 0.3) is 5.91 Å². The fourth-order valence-corrected chi connectivity index (χ4v) is 1.50. The Kier molecular flexibility index (Phi) is 6.27. The highest BCUT2D eigenvalue weighted by molar-refractivity contribution is 5.96. The number of rotatable bonds is 6. The van der Waals surface area contributed by atoms with Crippen LogP contribution in [0.5, 0.6) is 0 Å². The second-order valence-electron chi connectivity index (χ2n) is 4.56. The zero-order valence-corrected chi connectivity index (χ0v) is 11.7. The first-order chi connectivity index (χ1) is 9.52. The van der Waals surface area contributed by atoms with Gasteiger partial charge in [0.15, 0.2) is 0 Å². The lowest BCUT2D eigenvalue weighted by Crippen LogP contribution is -2.30. The van der Waals surface area contributed by atoms with Crippen LogP contribution < -0.4 is 16.0 Å². The van der Waals surface area contributed by atoms with Crippen molar-refractivity contribution in [3.8, 4) is 12.3 Å². The maximum Gasteiger partial charge on any atom is 0.251 e. The molecule has 20 heavy (non-hydrogen) atoms. The second kappa shape index (κ2) is 7.97. The molecule has 0 radical (unpaired) electrons. The molecular formula is C15H19N3O2. The number of anilines is 1. The molecule has 5 heteroatoms. The molecule has 0 fully saturated rings. The second-order valence-corrected chi connectivity index (χ2v) is 4.56. The highest BCUT2D eigenvalue weighted by atomic mass is 16.2. The highest BCUT2D eigenvalue weighted by Gasteiger charge is 2.07. The lowest BCUT2D eigenvalue weighted by Gasteiger charge is -2.09. The fraction of sp³-hybridized carbons (Fsp3) is 0.333. The van der Waals surface area contributed by atoms with Crippen LogP contribution in [0.4, 0.5) is 5.69 Å². The van der Waals surface area contributed by atoms with Gasteiger partial charge < -0.3 is 10.6 Å². The molecule has 0 atom stereocenters. The van der Waals surface area contributed by atoms with Gasteiger partial charge in [0.05, 0.1) is 13.1 Å².